The van der Waals surface area contributed by atoms with E-state index < -0.39 is 0 Å². The summed E-state index contributed by atoms with van der Waals surface area (Å²) in [5, 5.41) is 0. The number of nitrogens with two attached hydrogens (primary N) is 1. The third-order valence-corrected chi connectivity index (χ3v) is 3.09. The molecule has 1 fully saturated rings. The van der Waals surface area contributed by atoms with Gasteiger partial charge in [0.15, 0.2) is 0 Å². The molecule has 88 valence electrons. The standard InChI is InChI=1S/C13H19FN2/c1-2-16(12-4-5-12)13-6-3-11(14)9-10(13)7-8-15/h3,6,9,12H,2,4-5,7-8,15H2,1H3. The van der Waals surface area contributed by atoms with Gasteiger partial charge in [0.05, 0.1) is 0 Å². The molecule has 1 aliphatic carbocycles. The number of hydrogen-bond donors (Lipinski definition) is 1. The first-order valence-corrected chi connectivity index (χ1v) is 6.01. The van der Waals surface area contributed by atoms with E-state index in [1.165, 1.54) is 12.8 Å². The summed E-state index contributed by atoms with van der Waals surface area (Å²) >= 11 is 0. The molecule has 2 N–H and O–H groups in total. The van der Waals surface area contributed by atoms with Crippen molar-refractivity contribution in [3.8, 4) is 0 Å². The first-order valence-electron chi connectivity index (χ1n) is 6.01. The molecule has 0 aromatic heterocycles. The van der Waals surface area contributed by atoms with E-state index in [2.05, 4.69) is 11.8 Å². The van der Waals surface area contributed by atoms with Crippen LogP contribution < -0.4 is 10.6 Å². The molecule has 1 aromatic rings. The van der Waals surface area contributed by atoms with Crippen LogP contribution in [0.15, 0.2) is 18.2 Å². The molecule has 1 saturated carbocycles. The Bertz CT molecular complexity index is 361. The van der Waals surface area contributed by atoms with Gasteiger partial charge in [0.25, 0.3) is 0 Å². The van der Waals surface area contributed by atoms with Gasteiger partial charge in [-0.25, -0.2) is 4.39 Å². The maximum atomic E-state index is 13.2. The third kappa shape index (κ3) is 2.35. The lowest BCUT2D eigenvalue weighted by molar-refractivity contribution is 0.624. The SMILES string of the molecule is CCN(c1ccc(F)cc1CCN)C1CC1. The summed E-state index contributed by atoms with van der Waals surface area (Å²) in [6, 6.07) is 5.71. The zero-order valence-electron chi connectivity index (χ0n) is 9.75. The topological polar surface area (TPSA) is 29.3 Å². The van der Waals surface area contributed by atoms with Gasteiger partial charge in [-0.3, -0.25) is 0 Å². The van der Waals surface area contributed by atoms with Crippen LogP contribution in [0.3, 0.4) is 0 Å². The van der Waals surface area contributed by atoms with Crippen molar-refractivity contribution in [1.82, 2.24) is 0 Å². The molecule has 1 aliphatic rings. The Kier molecular flexibility index (Phi) is 3.44. The predicted molar refractivity (Wildman–Crippen MR) is 65.2 cm³/mol. The summed E-state index contributed by atoms with van der Waals surface area (Å²) in [6.45, 7) is 3.69. The Balaban J connectivity index is 2.29. The summed E-state index contributed by atoms with van der Waals surface area (Å²) in [4.78, 5) is 2.37. The van der Waals surface area contributed by atoms with Crippen molar-refractivity contribution in [3.63, 3.8) is 0 Å². The van der Waals surface area contributed by atoms with E-state index in [4.69, 9.17) is 5.73 Å². The molecule has 0 spiro atoms. The maximum absolute atomic E-state index is 13.2. The third-order valence-electron chi connectivity index (χ3n) is 3.09. The Morgan fingerprint density at radius 3 is 2.75 bits per heavy atom. The van der Waals surface area contributed by atoms with E-state index in [-0.39, 0.29) is 5.82 Å². The summed E-state index contributed by atoms with van der Waals surface area (Å²) in [7, 11) is 0. The van der Waals surface area contributed by atoms with Crippen LogP contribution in [0.1, 0.15) is 25.3 Å². The molecule has 0 bridgehead atoms. The molecule has 1 aromatic carbocycles. The Morgan fingerprint density at radius 2 is 2.19 bits per heavy atom. The smallest absolute Gasteiger partial charge is 0.123 e. The fraction of sp³-hybridized carbons (Fsp3) is 0.538. The first kappa shape index (κ1) is 11.4. The highest BCUT2D eigenvalue weighted by Gasteiger charge is 2.29. The number of halogens is 1. The summed E-state index contributed by atoms with van der Waals surface area (Å²) < 4.78 is 13.2. The van der Waals surface area contributed by atoms with Gasteiger partial charge in [0.2, 0.25) is 0 Å². The van der Waals surface area contributed by atoms with Crippen LogP contribution in [-0.4, -0.2) is 19.1 Å². The molecular weight excluding hydrogens is 203 g/mol. The quantitative estimate of drug-likeness (QED) is 0.828. The van der Waals surface area contributed by atoms with Crippen LogP contribution >= 0.6 is 0 Å². The molecule has 0 unspecified atom stereocenters. The lowest BCUT2D eigenvalue weighted by Gasteiger charge is -2.25. The van der Waals surface area contributed by atoms with E-state index in [0.717, 1.165) is 24.2 Å². The summed E-state index contributed by atoms with van der Waals surface area (Å²) in [5.41, 5.74) is 7.77. The lowest BCUT2D eigenvalue weighted by Crippen LogP contribution is -2.26. The molecule has 0 amide bonds. The number of nitrogens with zero attached hydrogens (tertiary/aromatic N) is 1. The van der Waals surface area contributed by atoms with Crippen LogP contribution in [0, 0.1) is 5.82 Å². The van der Waals surface area contributed by atoms with Gasteiger partial charge in [0, 0.05) is 18.3 Å². The second-order valence-electron chi connectivity index (χ2n) is 4.33. The molecule has 3 heteroatoms. The second kappa shape index (κ2) is 4.83. The monoisotopic (exact) mass is 222 g/mol. The van der Waals surface area contributed by atoms with E-state index in [0.29, 0.717) is 12.6 Å². The van der Waals surface area contributed by atoms with E-state index >= 15 is 0 Å². The van der Waals surface area contributed by atoms with Gasteiger partial charge < -0.3 is 10.6 Å². The minimum Gasteiger partial charge on any atom is -0.369 e. The van der Waals surface area contributed by atoms with Crippen molar-refractivity contribution in [2.75, 3.05) is 18.0 Å². The zero-order chi connectivity index (χ0) is 11.5. The Hall–Kier alpha value is -1.09. The highest BCUT2D eigenvalue weighted by Crippen LogP contribution is 2.33. The maximum Gasteiger partial charge on any atom is 0.123 e. The predicted octanol–water partition coefficient (Wildman–Crippen LogP) is 2.32. The molecule has 0 atom stereocenters. The van der Waals surface area contributed by atoms with Gasteiger partial charge in [-0.2, -0.15) is 0 Å². The van der Waals surface area contributed by atoms with Crippen LogP contribution in [0.25, 0.3) is 0 Å². The van der Waals surface area contributed by atoms with Gasteiger partial charge in [-0.15, -0.1) is 0 Å². The van der Waals surface area contributed by atoms with Gasteiger partial charge in [-0.05, 0) is 56.5 Å². The summed E-state index contributed by atoms with van der Waals surface area (Å²) in [5.74, 6) is -0.168. The number of rotatable bonds is 5. The fourth-order valence-corrected chi connectivity index (χ4v) is 2.20. The second-order valence-corrected chi connectivity index (χ2v) is 4.33. The minimum atomic E-state index is -0.168. The normalized spacial score (nSPS) is 15.2. The fourth-order valence-electron chi connectivity index (χ4n) is 2.20. The first-order chi connectivity index (χ1) is 7.76. The van der Waals surface area contributed by atoms with Crippen molar-refractivity contribution < 1.29 is 4.39 Å². The molecule has 0 aliphatic heterocycles. The molecule has 0 heterocycles. The average Bonchev–Trinajstić information content (AvgIpc) is 3.07. The number of benzene rings is 1. The highest BCUT2D eigenvalue weighted by molar-refractivity contribution is 5.55. The van der Waals surface area contributed by atoms with Crippen molar-refractivity contribution in [2.45, 2.75) is 32.2 Å². The number of hydrogen-bond acceptors (Lipinski definition) is 2. The van der Waals surface area contributed by atoms with Crippen molar-refractivity contribution in [3.05, 3.63) is 29.6 Å². The largest absolute Gasteiger partial charge is 0.369 e. The van der Waals surface area contributed by atoms with E-state index in [1.54, 1.807) is 12.1 Å². The van der Waals surface area contributed by atoms with Crippen molar-refractivity contribution >= 4 is 5.69 Å². The Labute approximate surface area is 96.2 Å². The van der Waals surface area contributed by atoms with Gasteiger partial charge in [-0.1, -0.05) is 0 Å². The van der Waals surface area contributed by atoms with Crippen LogP contribution in [-0.2, 0) is 6.42 Å². The highest BCUT2D eigenvalue weighted by atomic mass is 19.1. The zero-order valence-corrected chi connectivity index (χ0v) is 9.75. The molecule has 0 saturated heterocycles. The van der Waals surface area contributed by atoms with Crippen LogP contribution in [0.2, 0.25) is 0 Å². The molecule has 0 radical (unpaired) electrons. The van der Waals surface area contributed by atoms with Gasteiger partial charge in [0.1, 0.15) is 5.82 Å². The van der Waals surface area contributed by atoms with Crippen molar-refractivity contribution in [2.24, 2.45) is 5.73 Å². The molecular formula is C13H19FN2. The molecule has 2 rings (SSSR count). The minimum absolute atomic E-state index is 0.168. The Morgan fingerprint density at radius 1 is 1.44 bits per heavy atom. The molecule has 2 nitrogen and oxygen atoms in total. The lowest BCUT2D eigenvalue weighted by atomic mass is 10.1. The van der Waals surface area contributed by atoms with E-state index in [9.17, 15) is 4.39 Å². The number of anilines is 1. The van der Waals surface area contributed by atoms with Crippen molar-refractivity contribution in [1.29, 1.82) is 0 Å². The molecule has 16 heavy (non-hydrogen) atoms. The van der Waals surface area contributed by atoms with Crippen LogP contribution in [0.5, 0.6) is 0 Å². The van der Waals surface area contributed by atoms with Gasteiger partial charge >= 0.3 is 0 Å². The van der Waals surface area contributed by atoms with E-state index in [1.807, 2.05) is 6.07 Å². The average molecular weight is 222 g/mol. The van der Waals surface area contributed by atoms with Crippen LogP contribution in [0.4, 0.5) is 10.1 Å². The summed E-state index contributed by atoms with van der Waals surface area (Å²) in [6.07, 6.45) is 3.26.